The monoisotopic (exact) mass is 567 g/mol. The molecule has 0 aromatic carbocycles. The van der Waals surface area contributed by atoms with Crippen LogP contribution in [-0.4, -0.2) is 85.3 Å². The van der Waals surface area contributed by atoms with E-state index in [4.69, 9.17) is 26.8 Å². The van der Waals surface area contributed by atoms with E-state index in [-0.39, 0.29) is 46.5 Å². The highest BCUT2D eigenvalue weighted by atomic mass is 32.2. The minimum absolute atomic E-state index is 0.000363. The molecule has 0 bridgehead atoms. The second kappa shape index (κ2) is 11.2. The molecule has 0 saturated carbocycles. The summed E-state index contributed by atoms with van der Waals surface area (Å²) in [4.78, 5) is 56.1. The van der Waals surface area contributed by atoms with Crippen LogP contribution >= 0.6 is 34.9 Å². The molecule has 0 spiro atoms. The lowest BCUT2D eigenvalue weighted by Crippen LogP contribution is -2.71. The Morgan fingerprint density at radius 1 is 1.32 bits per heavy atom. The highest BCUT2D eigenvalue weighted by Crippen LogP contribution is 2.41. The number of ether oxygens (including phenoxy) is 1. The number of nitrogens with two attached hydrogens (primary N) is 3. The van der Waals surface area contributed by atoms with E-state index in [2.05, 4.69) is 25.4 Å². The number of carboxylic acids is 1. The SMILES string of the molecule is COCO/N=C(\C(=O)N[C@@H]1C(=O)N2C(C(=O)O)=C(CSc3cc(N)nc(N)n3)CS[C@H]12)c1csc(N)n1. The highest BCUT2D eigenvalue weighted by molar-refractivity contribution is 8.01. The molecule has 2 aliphatic rings. The van der Waals surface area contributed by atoms with Crippen LogP contribution in [0.3, 0.4) is 0 Å². The number of rotatable bonds is 10. The molecule has 2 aliphatic heterocycles. The molecule has 4 heterocycles. The number of methoxy groups -OCH3 is 1. The number of β-lactam (4-membered cyclic amide) rings is 1. The number of oxime groups is 1. The van der Waals surface area contributed by atoms with Crippen molar-refractivity contribution in [3.05, 3.63) is 28.4 Å². The fourth-order valence-corrected chi connectivity index (χ4v) is 6.39. The van der Waals surface area contributed by atoms with Crippen LogP contribution in [0.5, 0.6) is 0 Å². The third kappa shape index (κ3) is 5.71. The summed E-state index contributed by atoms with van der Waals surface area (Å²) >= 11 is 3.64. The van der Waals surface area contributed by atoms with Crippen molar-refractivity contribution in [2.24, 2.45) is 5.16 Å². The lowest BCUT2D eigenvalue weighted by molar-refractivity contribution is -0.150. The second-order valence-electron chi connectivity index (χ2n) is 7.44. The summed E-state index contributed by atoms with van der Waals surface area (Å²) in [6, 6.07) is 0.540. The third-order valence-corrected chi connectivity index (χ3v) is 7.99. The molecular weight excluding hydrogens is 546 g/mol. The molecule has 0 unspecified atom stereocenters. The minimum Gasteiger partial charge on any atom is -0.477 e. The van der Waals surface area contributed by atoms with Crippen molar-refractivity contribution in [3.8, 4) is 0 Å². The van der Waals surface area contributed by atoms with Crippen LogP contribution in [0.25, 0.3) is 0 Å². The first-order chi connectivity index (χ1) is 17.7. The molecule has 0 radical (unpaired) electrons. The molecule has 4 rings (SSSR count). The predicted octanol–water partition coefficient (Wildman–Crippen LogP) is -0.465. The van der Waals surface area contributed by atoms with Gasteiger partial charge >= 0.3 is 5.97 Å². The van der Waals surface area contributed by atoms with Gasteiger partial charge in [-0.2, -0.15) is 4.98 Å². The van der Waals surface area contributed by atoms with Gasteiger partial charge in [0.15, 0.2) is 10.8 Å². The number of thioether (sulfide) groups is 2. The van der Waals surface area contributed by atoms with Gasteiger partial charge < -0.3 is 37.2 Å². The number of carboxylic acid groups (broad SMARTS) is 1. The maximum absolute atomic E-state index is 13.0. The Hall–Kier alpha value is -3.61. The maximum Gasteiger partial charge on any atom is 0.352 e. The van der Waals surface area contributed by atoms with Crippen LogP contribution in [0.15, 0.2) is 32.9 Å². The topological polar surface area (TPSA) is 234 Å². The molecule has 1 saturated heterocycles. The van der Waals surface area contributed by atoms with E-state index < -0.39 is 29.2 Å². The second-order valence-corrected chi connectivity index (χ2v) is 10.4. The number of nitrogen functional groups attached to an aromatic ring is 3. The Labute approximate surface area is 221 Å². The van der Waals surface area contributed by atoms with E-state index in [0.717, 1.165) is 11.3 Å². The normalized spacial score (nSPS) is 19.3. The van der Waals surface area contributed by atoms with Gasteiger partial charge in [-0.1, -0.05) is 5.16 Å². The summed E-state index contributed by atoms with van der Waals surface area (Å²) in [5.74, 6) is -1.83. The van der Waals surface area contributed by atoms with Crippen LogP contribution < -0.4 is 22.5 Å². The summed E-state index contributed by atoms with van der Waals surface area (Å²) in [6.45, 7) is -0.216. The lowest BCUT2D eigenvalue weighted by atomic mass is 10.0. The van der Waals surface area contributed by atoms with Crippen molar-refractivity contribution >= 4 is 75.3 Å². The van der Waals surface area contributed by atoms with Crippen molar-refractivity contribution in [1.29, 1.82) is 0 Å². The molecule has 15 nitrogen and oxygen atoms in total. The first kappa shape index (κ1) is 26.5. The number of anilines is 3. The van der Waals surface area contributed by atoms with Crippen molar-refractivity contribution in [2.45, 2.75) is 16.4 Å². The minimum atomic E-state index is -1.26. The fraction of sp³-hybridized carbons (Fsp3) is 0.316. The number of nitrogens with one attached hydrogen (secondary N) is 1. The van der Waals surface area contributed by atoms with Crippen LogP contribution in [0.4, 0.5) is 16.9 Å². The van der Waals surface area contributed by atoms with E-state index in [1.807, 2.05) is 0 Å². The van der Waals surface area contributed by atoms with Gasteiger partial charge in [0.2, 0.25) is 12.7 Å². The van der Waals surface area contributed by atoms with Crippen molar-refractivity contribution in [2.75, 3.05) is 42.6 Å². The molecule has 0 aliphatic carbocycles. The number of thiazole rings is 1. The summed E-state index contributed by atoms with van der Waals surface area (Å²) in [7, 11) is 1.39. The van der Waals surface area contributed by atoms with Crippen LogP contribution in [-0.2, 0) is 24.0 Å². The Balaban J connectivity index is 1.49. The number of amides is 2. The van der Waals surface area contributed by atoms with Crippen LogP contribution in [0, 0.1) is 0 Å². The van der Waals surface area contributed by atoms with Gasteiger partial charge in [0.25, 0.3) is 11.8 Å². The van der Waals surface area contributed by atoms with Gasteiger partial charge in [-0.25, -0.2) is 14.8 Å². The van der Waals surface area contributed by atoms with E-state index in [9.17, 15) is 19.5 Å². The van der Waals surface area contributed by atoms with E-state index in [0.29, 0.717) is 16.4 Å². The zero-order valence-electron chi connectivity index (χ0n) is 19.1. The zero-order valence-corrected chi connectivity index (χ0v) is 21.6. The molecule has 18 heteroatoms. The summed E-state index contributed by atoms with van der Waals surface area (Å²) < 4.78 is 4.77. The molecule has 8 N–H and O–H groups in total. The van der Waals surface area contributed by atoms with Gasteiger partial charge in [-0.15, -0.1) is 34.9 Å². The maximum atomic E-state index is 13.0. The number of carbonyl (C=O) groups excluding carboxylic acids is 2. The number of aromatic nitrogens is 3. The number of carbonyl (C=O) groups is 3. The number of aliphatic carboxylic acids is 1. The number of hydrogen-bond donors (Lipinski definition) is 5. The average Bonchev–Trinajstić information content (AvgIpc) is 3.28. The van der Waals surface area contributed by atoms with Gasteiger partial charge in [0, 0.05) is 30.1 Å². The molecular formula is C19H21N9O6S3. The van der Waals surface area contributed by atoms with Crippen molar-refractivity contribution in [1.82, 2.24) is 25.2 Å². The standard InChI is InChI=1S/C19H21N9O6S3/c1-33-6-34-27-11(8-5-37-19(22)23-8)14(29)26-12-15(30)28-13(17(31)32)7(4-36-16(12)28)3-35-10-2-9(20)24-18(21)25-10/h2,5,12,16H,3-4,6H2,1H3,(H2,22,23)(H,26,29)(H,31,32)(H4,20,21,24,25)/b27-11-/t12-,16-/m1/s1. The molecule has 196 valence electrons. The molecule has 2 aromatic rings. The summed E-state index contributed by atoms with van der Waals surface area (Å²) in [6.07, 6.45) is 0. The Morgan fingerprint density at radius 3 is 2.76 bits per heavy atom. The van der Waals surface area contributed by atoms with E-state index in [1.165, 1.54) is 47.0 Å². The quantitative estimate of drug-likeness (QED) is 0.0465. The van der Waals surface area contributed by atoms with Crippen molar-refractivity contribution in [3.63, 3.8) is 0 Å². The molecule has 2 amide bonds. The zero-order chi connectivity index (χ0) is 26.7. The van der Waals surface area contributed by atoms with E-state index in [1.54, 1.807) is 0 Å². The smallest absolute Gasteiger partial charge is 0.352 e. The number of nitrogens with zero attached hydrogens (tertiary/aromatic N) is 5. The van der Waals surface area contributed by atoms with E-state index >= 15 is 0 Å². The first-order valence-corrected chi connectivity index (χ1v) is 13.2. The summed E-state index contributed by atoms with van der Waals surface area (Å²) in [5, 5.41) is 17.8. The Morgan fingerprint density at radius 2 is 2.11 bits per heavy atom. The largest absolute Gasteiger partial charge is 0.477 e. The highest BCUT2D eigenvalue weighted by Gasteiger charge is 2.54. The fourth-order valence-electron chi connectivity index (χ4n) is 3.44. The Bertz CT molecular complexity index is 1280. The van der Waals surface area contributed by atoms with Crippen LogP contribution in [0.2, 0.25) is 0 Å². The summed E-state index contributed by atoms with van der Waals surface area (Å²) in [5.41, 5.74) is 17.3. The average molecular weight is 568 g/mol. The number of fused-ring (bicyclic) bond motifs is 1. The predicted molar refractivity (Wildman–Crippen MR) is 137 cm³/mol. The third-order valence-electron chi connectivity index (χ3n) is 4.98. The first-order valence-electron chi connectivity index (χ1n) is 10.3. The molecule has 37 heavy (non-hydrogen) atoms. The van der Waals surface area contributed by atoms with Crippen LogP contribution in [0.1, 0.15) is 5.69 Å². The van der Waals surface area contributed by atoms with Gasteiger partial charge in [0.1, 0.15) is 33.7 Å². The molecule has 2 aromatic heterocycles. The lowest BCUT2D eigenvalue weighted by Gasteiger charge is -2.49. The number of hydrogen-bond acceptors (Lipinski definition) is 15. The molecule has 1 fully saturated rings. The van der Waals surface area contributed by atoms with Crippen molar-refractivity contribution < 1.29 is 29.1 Å². The Kier molecular flexibility index (Phi) is 8.00. The van der Waals surface area contributed by atoms with Gasteiger partial charge in [0.05, 0.1) is 0 Å². The van der Waals surface area contributed by atoms with Gasteiger partial charge in [-0.3, -0.25) is 14.5 Å². The molecule has 2 atom stereocenters. The van der Waals surface area contributed by atoms with Gasteiger partial charge in [-0.05, 0) is 5.57 Å².